The Hall–Kier alpha value is -0.770. The van der Waals surface area contributed by atoms with Gasteiger partial charge in [-0.3, -0.25) is 4.68 Å². The molecule has 0 aromatic carbocycles. The Labute approximate surface area is 103 Å². The zero-order valence-electron chi connectivity index (χ0n) is 10.2. The molecule has 1 N–H and O–H groups in total. The van der Waals surface area contributed by atoms with E-state index in [0.717, 1.165) is 24.3 Å². The predicted octanol–water partition coefficient (Wildman–Crippen LogP) is 3.04. The van der Waals surface area contributed by atoms with Gasteiger partial charge in [0.05, 0.1) is 24.1 Å². The Morgan fingerprint density at radius 1 is 1.50 bits per heavy atom. The van der Waals surface area contributed by atoms with Gasteiger partial charge in [0, 0.05) is 6.54 Å². The van der Waals surface area contributed by atoms with Crippen molar-refractivity contribution >= 4 is 18.1 Å². The van der Waals surface area contributed by atoms with Crippen LogP contribution in [0.15, 0.2) is 6.20 Å². The first-order valence-corrected chi connectivity index (χ1v) is 5.47. The number of rotatable bonds is 6. The van der Waals surface area contributed by atoms with E-state index in [2.05, 4.69) is 24.3 Å². The van der Waals surface area contributed by atoms with Crippen LogP contribution in [0.3, 0.4) is 0 Å². The maximum Gasteiger partial charge on any atom is 0.109 e. The highest BCUT2D eigenvalue weighted by molar-refractivity contribution is 5.85. The lowest BCUT2D eigenvalue weighted by Gasteiger charge is -2.08. The van der Waals surface area contributed by atoms with E-state index in [1.165, 1.54) is 0 Å². The number of hydrogen-bond donors (Lipinski definition) is 1. The summed E-state index contributed by atoms with van der Waals surface area (Å²) in [5, 5.41) is 7.43. The maximum atomic E-state index is 12.1. The first kappa shape index (κ1) is 15.2. The van der Waals surface area contributed by atoms with Crippen molar-refractivity contribution in [3.05, 3.63) is 11.9 Å². The highest BCUT2D eigenvalue weighted by Crippen LogP contribution is 2.13. The van der Waals surface area contributed by atoms with Crippen molar-refractivity contribution in [1.82, 2.24) is 9.78 Å². The van der Waals surface area contributed by atoms with Crippen LogP contribution in [0, 0.1) is 12.8 Å². The van der Waals surface area contributed by atoms with Gasteiger partial charge < -0.3 is 5.32 Å². The molecule has 0 spiro atoms. The van der Waals surface area contributed by atoms with Crippen molar-refractivity contribution in [1.29, 1.82) is 0 Å². The molecule has 1 heterocycles. The Balaban J connectivity index is 0.00000225. The van der Waals surface area contributed by atoms with Gasteiger partial charge in [0.15, 0.2) is 0 Å². The quantitative estimate of drug-likeness (QED) is 0.840. The van der Waals surface area contributed by atoms with Crippen LogP contribution in [0.1, 0.15) is 26.0 Å². The van der Waals surface area contributed by atoms with Gasteiger partial charge in [-0.15, -0.1) is 12.4 Å². The van der Waals surface area contributed by atoms with E-state index >= 15 is 0 Å². The molecule has 1 aromatic rings. The molecule has 94 valence electrons. The van der Waals surface area contributed by atoms with E-state index in [4.69, 9.17) is 0 Å². The molecule has 0 atom stereocenters. The van der Waals surface area contributed by atoms with Gasteiger partial charge in [0.1, 0.15) is 6.67 Å². The van der Waals surface area contributed by atoms with Gasteiger partial charge in [-0.05, 0) is 19.3 Å². The summed E-state index contributed by atoms with van der Waals surface area (Å²) < 4.78 is 13.8. The summed E-state index contributed by atoms with van der Waals surface area (Å²) in [6.07, 6.45) is 2.90. The molecule has 0 saturated carbocycles. The van der Waals surface area contributed by atoms with Gasteiger partial charge in [0.25, 0.3) is 0 Å². The average molecular weight is 250 g/mol. The fraction of sp³-hybridized carbons (Fsp3) is 0.727. The minimum atomic E-state index is -0.367. The highest BCUT2D eigenvalue weighted by atomic mass is 35.5. The van der Waals surface area contributed by atoms with Crippen molar-refractivity contribution in [2.24, 2.45) is 5.92 Å². The molecule has 0 saturated heterocycles. The molecule has 0 fully saturated rings. The molecule has 0 aliphatic carbocycles. The van der Waals surface area contributed by atoms with Gasteiger partial charge in [0.2, 0.25) is 0 Å². The van der Waals surface area contributed by atoms with Crippen LogP contribution in [0.5, 0.6) is 0 Å². The lowest BCUT2D eigenvalue weighted by molar-refractivity contribution is 0.423. The summed E-state index contributed by atoms with van der Waals surface area (Å²) in [5.41, 5.74) is 2.03. The number of alkyl halides is 1. The van der Waals surface area contributed by atoms with Gasteiger partial charge in [-0.1, -0.05) is 13.8 Å². The summed E-state index contributed by atoms with van der Waals surface area (Å²) in [4.78, 5) is 0. The molecule has 0 amide bonds. The average Bonchev–Trinajstić information content (AvgIpc) is 2.50. The summed E-state index contributed by atoms with van der Waals surface area (Å²) in [5.74, 6) is 0.693. The third-order valence-electron chi connectivity index (χ3n) is 2.44. The fourth-order valence-corrected chi connectivity index (χ4v) is 1.42. The lowest BCUT2D eigenvalue weighted by atomic mass is 10.1. The molecule has 0 bridgehead atoms. The largest absolute Gasteiger partial charge is 0.382 e. The molecule has 3 nitrogen and oxygen atoms in total. The van der Waals surface area contributed by atoms with Gasteiger partial charge >= 0.3 is 0 Å². The predicted molar refractivity (Wildman–Crippen MR) is 68.1 cm³/mol. The number of aromatic nitrogens is 2. The molecule has 16 heavy (non-hydrogen) atoms. The van der Waals surface area contributed by atoms with Crippen molar-refractivity contribution in [3.8, 4) is 0 Å². The smallest absolute Gasteiger partial charge is 0.109 e. The Kier molecular flexibility index (Phi) is 7.13. The fourth-order valence-electron chi connectivity index (χ4n) is 1.42. The molecule has 1 rings (SSSR count). The second-order valence-corrected chi connectivity index (χ2v) is 4.17. The molecule has 0 aliphatic heterocycles. The molecule has 1 aromatic heterocycles. The first-order valence-electron chi connectivity index (χ1n) is 5.47. The lowest BCUT2D eigenvalue weighted by Crippen LogP contribution is -2.07. The van der Waals surface area contributed by atoms with Gasteiger partial charge in [-0.25, -0.2) is 4.39 Å². The van der Waals surface area contributed by atoms with Gasteiger partial charge in [-0.2, -0.15) is 5.10 Å². The van der Waals surface area contributed by atoms with Crippen LogP contribution in [-0.4, -0.2) is 23.0 Å². The summed E-state index contributed by atoms with van der Waals surface area (Å²) in [6, 6.07) is 0. The van der Waals surface area contributed by atoms with Crippen molar-refractivity contribution in [2.45, 2.75) is 33.7 Å². The van der Waals surface area contributed by atoms with Crippen LogP contribution < -0.4 is 5.32 Å². The standard InChI is InChI=1S/C11H20FN3.ClH/c1-9(2)4-6-13-11-8-14-15(7-5-12)10(11)3;/h8-9,13H,4-7H2,1-3H3;1H. The van der Waals surface area contributed by atoms with Crippen molar-refractivity contribution in [3.63, 3.8) is 0 Å². The molecular formula is C11H21ClFN3. The van der Waals surface area contributed by atoms with E-state index in [-0.39, 0.29) is 19.1 Å². The van der Waals surface area contributed by atoms with Crippen molar-refractivity contribution < 1.29 is 4.39 Å². The zero-order chi connectivity index (χ0) is 11.3. The van der Waals surface area contributed by atoms with Crippen LogP contribution >= 0.6 is 12.4 Å². The normalized spacial score (nSPS) is 10.3. The molecule has 0 unspecified atom stereocenters. The number of halogens is 2. The second kappa shape index (κ2) is 7.49. The van der Waals surface area contributed by atoms with Crippen LogP contribution in [0.2, 0.25) is 0 Å². The van der Waals surface area contributed by atoms with E-state index in [1.807, 2.05) is 6.92 Å². The SMILES string of the molecule is Cc1c(NCCC(C)C)cnn1CCF.Cl. The zero-order valence-corrected chi connectivity index (χ0v) is 11.0. The maximum absolute atomic E-state index is 12.1. The number of nitrogens with zero attached hydrogens (tertiary/aromatic N) is 2. The van der Waals surface area contributed by atoms with Crippen molar-refractivity contribution in [2.75, 3.05) is 18.5 Å². The monoisotopic (exact) mass is 249 g/mol. The highest BCUT2D eigenvalue weighted by Gasteiger charge is 2.05. The molecule has 0 aliphatic rings. The summed E-state index contributed by atoms with van der Waals surface area (Å²) in [7, 11) is 0. The topological polar surface area (TPSA) is 29.9 Å². The Morgan fingerprint density at radius 2 is 2.19 bits per heavy atom. The Bertz CT molecular complexity index is 299. The van der Waals surface area contributed by atoms with Crippen LogP contribution in [0.25, 0.3) is 0 Å². The minimum absolute atomic E-state index is 0. The molecular weight excluding hydrogens is 229 g/mol. The summed E-state index contributed by atoms with van der Waals surface area (Å²) >= 11 is 0. The molecule has 5 heteroatoms. The van der Waals surface area contributed by atoms with Crippen LogP contribution in [-0.2, 0) is 6.54 Å². The first-order chi connectivity index (χ1) is 7.15. The minimum Gasteiger partial charge on any atom is -0.382 e. The molecule has 0 radical (unpaired) electrons. The summed E-state index contributed by atoms with van der Waals surface area (Å²) in [6.45, 7) is 7.27. The van der Waals surface area contributed by atoms with E-state index < -0.39 is 0 Å². The third kappa shape index (κ3) is 4.39. The number of hydrogen-bond acceptors (Lipinski definition) is 2. The Morgan fingerprint density at radius 3 is 2.75 bits per heavy atom. The van der Waals surface area contributed by atoms with E-state index in [1.54, 1.807) is 10.9 Å². The third-order valence-corrected chi connectivity index (χ3v) is 2.44. The number of anilines is 1. The van der Waals surface area contributed by atoms with E-state index in [9.17, 15) is 4.39 Å². The van der Waals surface area contributed by atoms with Crippen LogP contribution in [0.4, 0.5) is 10.1 Å². The number of aryl methyl sites for hydroxylation is 1. The second-order valence-electron chi connectivity index (χ2n) is 4.17. The number of nitrogens with one attached hydrogen (secondary N) is 1. The van der Waals surface area contributed by atoms with E-state index in [0.29, 0.717) is 12.5 Å².